The Morgan fingerprint density at radius 1 is 0.727 bits per heavy atom. The van der Waals surface area contributed by atoms with E-state index in [0.717, 1.165) is 57.4 Å². The second-order valence-corrected chi connectivity index (χ2v) is 9.53. The number of nitrogens with zero attached hydrogens (tertiary/aromatic N) is 3. The van der Waals surface area contributed by atoms with Crippen LogP contribution < -0.4 is 4.90 Å². The van der Waals surface area contributed by atoms with Gasteiger partial charge in [-0.05, 0) is 43.0 Å². The van der Waals surface area contributed by atoms with Crippen LogP contribution >= 0.6 is 0 Å². The molecule has 0 radical (unpaired) electrons. The number of carbonyl (C=O) groups is 2. The highest BCUT2D eigenvalue weighted by molar-refractivity contribution is 6.35. The van der Waals surface area contributed by atoms with E-state index in [2.05, 4.69) is 41.0 Å². The number of hydrogen-bond acceptors (Lipinski definition) is 4. The van der Waals surface area contributed by atoms with Gasteiger partial charge in [0.05, 0.1) is 5.57 Å². The molecule has 0 unspecified atom stereocenters. The van der Waals surface area contributed by atoms with Crippen LogP contribution in [0.1, 0.15) is 49.7 Å². The molecule has 33 heavy (non-hydrogen) atoms. The van der Waals surface area contributed by atoms with E-state index in [4.69, 9.17) is 0 Å². The predicted molar refractivity (Wildman–Crippen MR) is 132 cm³/mol. The zero-order chi connectivity index (χ0) is 22.8. The first kappa shape index (κ1) is 21.7. The minimum absolute atomic E-state index is 0.0253. The van der Waals surface area contributed by atoms with Crippen LogP contribution in [0, 0.1) is 6.92 Å². The summed E-state index contributed by atoms with van der Waals surface area (Å²) in [5.41, 5.74) is 4.52. The van der Waals surface area contributed by atoms with E-state index in [9.17, 15) is 9.59 Å². The van der Waals surface area contributed by atoms with Gasteiger partial charge in [-0.3, -0.25) is 14.5 Å². The van der Waals surface area contributed by atoms with Crippen molar-refractivity contribution in [2.24, 2.45) is 0 Å². The first-order valence-corrected chi connectivity index (χ1v) is 12.4. The van der Waals surface area contributed by atoms with E-state index in [1.54, 1.807) is 4.90 Å². The summed E-state index contributed by atoms with van der Waals surface area (Å²) in [5.74, 6) is -0.191. The molecule has 3 aliphatic rings. The molecule has 2 aromatic rings. The van der Waals surface area contributed by atoms with Crippen molar-refractivity contribution in [1.82, 2.24) is 9.80 Å². The van der Waals surface area contributed by atoms with Gasteiger partial charge >= 0.3 is 0 Å². The molecule has 0 spiro atoms. The fourth-order valence-electron chi connectivity index (χ4n) is 5.55. The first-order valence-electron chi connectivity index (χ1n) is 12.4. The third-order valence-corrected chi connectivity index (χ3v) is 7.31. The Kier molecular flexibility index (Phi) is 6.21. The predicted octanol–water partition coefficient (Wildman–Crippen LogP) is 4.62. The van der Waals surface area contributed by atoms with E-state index < -0.39 is 0 Å². The van der Waals surface area contributed by atoms with Crippen LogP contribution in [0.25, 0.3) is 5.57 Å². The normalized spacial score (nSPS) is 20.6. The Balaban J connectivity index is 1.43. The summed E-state index contributed by atoms with van der Waals surface area (Å²) >= 11 is 0. The van der Waals surface area contributed by atoms with E-state index in [0.29, 0.717) is 11.3 Å². The number of imide groups is 1. The molecular formula is C28H33N3O2. The van der Waals surface area contributed by atoms with Gasteiger partial charge in [0, 0.05) is 37.9 Å². The number of anilines is 1. The number of piperazine rings is 1. The molecular weight excluding hydrogens is 410 g/mol. The lowest BCUT2D eigenvalue weighted by Gasteiger charge is -2.38. The van der Waals surface area contributed by atoms with Crippen molar-refractivity contribution in [2.75, 3.05) is 31.1 Å². The van der Waals surface area contributed by atoms with Crippen LogP contribution in [-0.4, -0.2) is 53.8 Å². The van der Waals surface area contributed by atoms with Crippen molar-refractivity contribution >= 4 is 23.1 Å². The summed E-state index contributed by atoms with van der Waals surface area (Å²) in [6.07, 6.45) is 6.42. The monoisotopic (exact) mass is 443 g/mol. The molecule has 1 saturated carbocycles. The van der Waals surface area contributed by atoms with Crippen LogP contribution in [0.3, 0.4) is 0 Å². The number of benzene rings is 2. The summed E-state index contributed by atoms with van der Waals surface area (Å²) in [7, 11) is 0. The van der Waals surface area contributed by atoms with E-state index in [1.165, 1.54) is 24.1 Å². The highest BCUT2D eigenvalue weighted by atomic mass is 16.2. The lowest BCUT2D eigenvalue weighted by molar-refractivity contribution is -0.140. The molecule has 5 heteroatoms. The third-order valence-electron chi connectivity index (χ3n) is 7.31. The van der Waals surface area contributed by atoms with Crippen LogP contribution in [0.15, 0.2) is 60.3 Å². The number of hydrogen-bond donors (Lipinski definition) is 0. The zero-order valence-electron chi connectivity index (χ0n) is 19.5. The van der Waals surface area contributed by atoms with Gasteiger partial charge in [0.1, 0.15) is 5.70 Å². The SMILES string of the molecule is Cc1cccc(N2CCN(C3=C(c4ccccc4)C(=O)N(C4CCCCCC4)C3=O)CC2)c1. The molecule has 172 valence electrons. The van der Waals surface area contributed by atoms with Crippen molar-refractivity contribution in [3.05, 3.63) is 71.4 Å². The fraction of sp³-hybridized carbons (Fsp3) is 0.429. The summed E-state index contributed by atoms with van der Waals surface area (Å²) in [6, 6.07) is 18.4. The topological polar surface area (TPSA) is 43.9 Å². The number of amides is 2. The van der Waals surface area contributed by atoms with Gasteiger partial charge < -0.3 is 9.80 Å². The molecule has 2 fully saturated rings. The van der Waals surface area contributed by atoms with Gasteiger partial charge in [-0.25, -0.2) is 0 Å². The average Bonchev–Trinajstić information content (AvgIpc) is 2.99. The van der Waals surface area contributed by atoms with Gasteiger partial charge in [-0.1, -0.05) is 68.1 Å². The zero-order valence-corrected chi connectivity index (χ0v) is 19.5. The Hall–Kier alpha value is -3.08. The minimum Gasteiger partial charge on any atom is -0.368 e. The molecule has 2 aliphatic heterocycles. The Bertz CT molecular complexity index is 1050. The third kappa shape index (κ3) is 4.29. The van der Waals surface area contributed by atoms with E-state index in [1.807, 2.05) is 30.3 Å². The highest BCUT2D eigenvalue weighted by Crippen LogP contribution is 2.36. The number of aryl methyl sites for hydroxylation is 1. The van der Waals surface area contributed by atoms with Crippen molar-refractivity contribution in [2.45, 2.75) is 51.5 Å². The number of rotatable bonds is 4. The fourth-order valence-corrected chi connectivity index (χ4v) is 5.55. The van der Waals surface area contributed by atoms with Crippen LogP contribution in [0.5, 0.6) is 0 Å². The maximum Gasteiger partial charge on any atom is 0.278 e. The van der Waals surface area contributed by atoms with E-state index in [-0.39, 0.29) is 17.9 Å². The summed E-state index contributed by atoms with van der Waals surface area (Å²) in [6.45, 7) is 5.25. The molecule has 2 amide bonds. The van der Waals surface area contributed by atoms with Crippen LogP contribution in [0.4, 0.5) is 5.69 Å². The van der Waals surface area contributed by atoms with Crippen molar-refractivity contribution in [1.29, 1.82) is 0 Å². The second kappa shape index (κ2) is 9.42. The van der Waals surface area contributed by atoms with E-state index >= 15 is 0 Å². The molecule has 2 aromatic carbocycles. The maximum absolute atomic E-state index is 13.8. The standard InChI is InChI=1S/C28H33N3O2/c1-21-10-9-15-24(20-21)29-16-18-30(19-17-29)26-25(22-11-5-4-6-12-22)27(32)31(28(26)33)23-13-7-2-3-8-14-23/h4-6,9-12,15,20,23H,2-3,7-8,13-14,16-19H2,1H3. The van der Waals surface area contributed by atoms with Crippen LogP contribution in [-0.2, 0) is 9.59 Å². The van der Waals surface area contributed by atoms with Crippen LogP contribution in [0.2, 0.25) is 0 Å². The minimum atomic E-state index is -0.103. The quantitative estimate of drug-likeness (QED) is 0.511. The van der Waals surface area contributed by atoms with Gasteiger partial charge in [0.25, 0.3) is 11.8 Å². The van der Waals surface area contributed by atoms with Gasteiger partial charge in [-0.2, -0.15) is 0 Å². The molecule has 5 rings (SSSR count). The second-order valence-electron chi connectivity index (χ2n) is 9.53. The number of carbonyl (C=O) groups excluding carboxylic acids is 2. The molecule has 0 bridgehead atoms. The summed E-state index contributed by atoms with van der Waals surface area (Å²) < 4.78 is 0. The average molecular weight is 444 g/mol. The molecule has 0 atom stereocenters. The lowest BCUT2D eigenvalue weighted by atomic mass is 10.0. The summed E-state index contributed by atoms with van der Waals surface area (Å²) in [4.78, 5) is 33.6. The molecule has 2 heterocycles. The molecule has 1 aliphatic carbocycles. The van der Waals surface area contributed by atoms with Gasteiger partial charge in [0.15, 0.2) is 0 Å². The Morgan fingerprint density at radius 3 is 2.06 bits per heavy atom. The molecule has 0 aromatic heterocycles. The maximum atomic E-state index is 13.8. The Labute approximate surface area is 196 Å². The summed E-state index contributed by atoms with van der Waals surface area (Å²) in [5, 5.41) is 0. The van der Waals surface area contributed by atoms with Crippen molar-refractivity contribution in [3.8, 4) is 0 Å². The van der Waals surface area contributed by atoms with Gasteiger partial charge in [0.2, 0.25) is 0 Å². The lowest BCUT2D eigenvalue weighted by Crippen LogP contribution is -2.48. The largest absolute Gasteiger partial charge is 0.368 e. The smallest absolute Gasteiger partial charge is 0.278 e. The molecule has 0 N–H and O–H groups in total. The molecule has 1 saturated heterocycles. The highest BCUT2D eigenvalue weighted by Gasteiger charge is 2.45. The van der Waals surface area contributed by atoms with Crippen molar-refractivity contribution < 1.29 is 9.59 Å². The van der Waals surface area contributed by atoms with Gasteiger partial charge in [-0.15, -0.1) is 0 Å². The van der Waals surface area contributed by atoms with Crippen molar-refractivity contribution in [3.63, 3.8) is 0 Å². The first-order chi connectivity index (χ1) is 16.1. The molecule has 5 nitrogen and oxygen atoms in total. The Morgan fingerprint density at radius 2 is 1.39 bits per heavy atom.